The summed E-state index contributed by atoms with van der Waals surface area (Å²) < 4.78 is 1.69. The minimum Gasteiger partial charge on any atom is -0.267 e. The van der Waals surface area contributed by atoms with Gasteiger partial charge < -0.3 is 0 Å². The number of hydrogen-bond donors (Lipinski definition) is 1. The van der Waals surface area contributed by atoms with Crippen LogP contribution in [0.25, 0.3) is 16.6 Å². The van der Waals surface area contributed by atoms with Gasteiger partial charge in [-0.1, -0.05) is 18.2 Å². The van der Waals surface area contributed by atoms with Crippen molar-refractivity contribution in [2.75, 3.05) is 0 Å². The van der Waals surface area contributed by atoms with Gasteiger partial charge in [-0.05, 0) is 12.1 Å². The number of nitrogens with one attached hydrogen (secondary N) is 1. The van der Waals surface area contributed by atoms with Crippen LogP contribution >= 0.6 is 0 Å². The molecule has 2 heterocycles. The van der Waals surface area contributed by atoms with E-state index in [1.165, 1.54) is 0 Å². The zero-order chi connectivity index (χ0) is 11.0. The predicted octanol–water partition coefficient (Wildman–Crippen LogP) is 1.11. The van der Waals surface area contributed by atoms with Gasteiger partial charge in [0.1, 0.15) is 0 Å². The van der Waals surface area contributed by atoms with Gasteiger partial charge in [-0.3, -0.25) is 4.79 Å². The number of nitrogens with zero attached hydrogens (tertiary/aromatic N) is 3. The lowest BCUT2D eigenvalue weighted by Crippen LogP contribution is -2.07. The van der Waals surface area contributed by atoms with Crippen molar-refractivity contribution in [2.24, 2.45) is 0 Å². The lowest BCUT2D eigenvalue weighted by Gasteiger charge is -2.01. The smallest absolute Gasteiger partial charge is 0.267 e. The number of aromatic amines is 1. The van der Waals surface area contributed by atoms with E-state index in [4.69, 9.17) is 0 Å². The Morgan fingerprint density at radius 2 is 1.94 bits per heavy atom. The lowest BCUT2D eigenvalue weighted by atomic mass is 10.3. The van der Waals surface area contributed by atoms with E-state index in [-0.39, 0.29) is 5.56 Å². The predicted molar refractivity (Wildman–Crippen MR) is 59.5 cm³/mol. The van der Waals surface area contributed by atoms with E-state index in [9.17, 15) is 4.79 Å². The van der Waals surface area contributed by atoms with E-state index in [0.717, 1.165) is 5.69 Å². The highest BCUT2D eigenvalue weighted by atomic mass is 16.1. The Kier molecular flexibility index (Phi) is 1.83. The van der Waals surface area contributed by atoms with Crippen LogP contribution in [0, 0.1) is 0 Å². The first-order valence-corrected chi connectivity index (χ1v) is 4.83. The third-order valence-electron chi connectivity index (χ3n) is 2.40. The van der Waals surface area contributed by atoms with Crippen LogP contribution in [0.1, 0.15) is 0 Å². The fraction of sp³-hybridized carbons (Fsp3) is 0. The van der Waals surface area contributed by atoms with Crippen molar-refractivity contribution in [3.05, 3.63) is 53.1 Å². The summed E-state index contributed by atoms with van der Waals surface area (Å²) in [5.74, 6) is 0. The van der Waals surface area contributed by atoms with Crippen molar-refractivity contribution >= 4 is 10.9 Å². The first-order chi connectivity index (χ1) is 7.86. The molecule has 0 radical (unpaired) electrons. The molecule has 5 heteroatoms. The highest BCUT2D eigenvalue weighted by molar-refractivity contribution is 5.77. The Bertz CT molecular complexity index is 684. The molecule has 16 heavy (non-hydrogen) atoms. The summed E-state index contributed by atoms with van der Waals surface area (Å²) in [6.45, 7) is 0. The number of aromatic nitrogens is 4. The van der Waals surface area contributed by atoms with Gasteiger partial charge in [-0.25, -0.2) is 9.78 Å². The summed E-state index contributed by atoms with van der Waals surface area (Å²) >= 11 is 0. The topological polar surface area (TPSA) is 63.6 Å². The molecule has 0 aliphatic carbocycles. The van der Waals surface area contributed by atoms with Gasteiger partial charge in [-0.2, -0.15) is 10.2 Å². The molecule has 2 aromatic heterocycles. The summed E-state index contributed by atoms with van der Waals surface area (Å²) in [5.41, 5.74) is 1.39. The molecule has 3 rings (SSSR count). The molecule has 0 amide bonds. The molecular formula is C11H8N4O. The van der Waals surface area contributed by atoms with Gasteiger partial charge >= 0.3 is 0 Å². The molecule has 78 valence electrons. The molecule has 5 nitrogen and oxygen atoms in total. The zero-order valence-corrected chi connectivity index (χ0v) is 8.29. The van der Waals surface area contributed by atoms with Crippen LogP contribution < -0.4 is 5.56 Å². The molecule has 0 bridgehead atoms. The summed E-state index contributed by atoms with van der Waals surface area (Å²) in [7, 11) is 0. The maximum Gasteiger partial charge on any atom is 0.275 e. The van der Waals surface area contributed by atoms with Crippen molar-refractivity contribution in [3.8, 4) is 5.69 Å². The molecule has 1 N–H and O–H groups in total. The fourth-order valence-electron chi connectivity index (χ4n) is 1.64. The van der Waals surface area contributed by atoms with Crippen molar-refractivity contribution < 1.29 is 0 Å². The quantitative estimate of drug-likeness (QED) is 0.657. The SMILES string of the molecule is O=c1[nH]ncc2c1cnn2-c1ccccc1. The zero-order valence-electron chi connectivity index (χ0n) is 8.29. The third-order valence-corrected chi connectivity index (χ3v) is 2.40. The van der Waals surface area contributed by atoms with Gasteiger partial charge in [0.15, 0.2) is 0 Å². The van der Waals surface area contributed by atoms with Crippen molar-refractivity contribution in [1.82, 2.24) is 20.0 Å². The average Bonchev–Trinajstić information content (AvgIpc) is 2.75. The minimum absolute atomic E-state index is 0.223. The number of rotatable bonds is 1. The molecule has 0 spiro atoms. The Balaban J connectivity index is 2.34. The summed E-state index contributed by atoms with van der Waals surface area (Å²) in [5, 5.41) is 10.9. The van der Waals surface area contributed by atoms with E-state index in [1.54, 1.807) is 17.1 Å². The Labute approximate surface area is 90.3 Å². The van der Waals surface area contributed by atoms with Crippen LogP contribution in [0.4, 0.5) is 0 Å². The summed E-state index contributed by atoms with van der Waals surface area (Å²) in [6, 6.07) is 9.62. The molecule has 1 aromatic carbocycles. The normalized spacial score (nSPS) is 10.8. The van der Waals surface area contributed by atoms with E-state index in [2.05, 4.69) is 15.3 Å². The molecule has 3 aromatic rings. The first kappa shape index (κ1) is 8.84. The van der Waals surface area contributed by atoms with E-state index < -0.39 is 0 Å². The summed E-state index contributed by atoms with van der Waals surface area (Å²) in [6.07, 6.45) is 3.14. The van der Waals surface area contributed by atoms with Gasteiger partial charge in [0.2, 0.25) is 0 Å². The number of H-pyrrole nitrogens is 1. The molecular weight excluding hydrogens is 204 g/mol. The second kappa shape index (κ2) is 3.30. The second-order valence-electron chi connectivity index (χ2n) is 3.39. The standard InChI is InChI=1S/C11H8N4O/c16-11-9-6-13-15(10(9)7-12-14-11)8-4-2-1-3-5-8/h1-7H,(H,14,16). The lowest BCUT2D eigenvalue weighted by molar-refractivity contribution is 0.903. The molecule has 0 fully saturated rings. The minimum atomic E-state index is -0.223. The first-order valence-electron chi connectivity index (χ1n) is 4.83. The van der Waals surface area contributed by atoms with Crippen LogP contribution in [-0.4, -0.2) is 20.0 Å². The largest absolute Gasteiger partial charge is 0.275 e. The molecule has 0 atom stereocenters. The Morgan fingerprint density at radius 1 is 1.12 bits per heavy atom. The third kappa shape index (κ3) is 1.22. The Hall–Kier alpha value is -2.43. The highest BCUT2D eigenvalue weighted by Crippen LogP contribution is 2.13. The van der Waals surface area contributed by atoms with E-state index in [1.807, 2.05) is 30.3 Å². The van der Waals surface area contributed by atoms with Crippen LogP contribution in [0.2, 0.25) is 0 Å². The van der Waals surface area contributed by atoms with Gasteiger partial charge in [0.25, 0.3) is 5.56 Å². The fourth-order valence-corrected chi connectivity index (χ4v) is 1.64. The molecule has 0 aliphatic heterocycles. The van der Waals surface area contributed by atoms with Crippen LogP contribution in [0.5, 0.6) is 0 Å². The highest BCUT2D eigenvalue weighted by Gasteiger charge is 2.06. The maximum absolute atomic E-state index is 11.5. The van der Waals surface area contributed by atoms with Crippen molar-refractivity contribution in [3.63, 3.8) is 0 Å². The molecule has 0 saturated heterocycles. The number of benzene rings is 1. The van der Waals surface area contributed by atoms with Crippen molar-refractivity contribution in [1.29, 1.82) is 0 Å². The van der Waals surface area contributed by atoms with Crippen LogP contribution in [-0.2, 0) is 0 Å². The number of hydrogen-bond acceptors (Lipinski definition) is 3. The van der Waals surface area contributed by atoms with Crippen LogP contribution in [0.15, 0.2) is 47.5 Å². The number of fused-ring (bicyclic) bond motifs is 1. The Morgan fingerprint density at radius 3 is 2.75 bits per heavy atom. The van der Waals surface area contributed by atoms with E-state index in [0.29, 0.717) is 10.9 Å². The monoisotopic (exact) mass is 212 g/mol. The summed E-state index contributed by atoms with van der Waals surface area (Å²) in [4.78, 5) is 11.5. The van der Waals surface area contributed by atoms with Crippen molar-refractivity contribution in [2.45, 2.75) is 0 Å². The number of para-hydroxylation sites is 1. The second-order valence-corrected chi connectivity index (χ2v) is 3.39. The maximum atomic E-state index is 11.5. The van der Waals surface area contributed by atoms with Crippen LogP contribution in [0.3, 0.4) is 0 Å². The molecule has 0 saturated carbocycles. The van der Waals surface area contributed by atoms with E-state index >= 15 is 0 Å². The molecule has 0 unspecified atom stereocenters. The van der Waals surface area contributed by atoms with Gasteiger partial charge in [0, 0.05) is 0 Å². The molecule has 0 aliphatic rings. The average molecular weight is 212 g/mol. The van der Waals surface area contributed by atoms with Gasteiger partial charge in [0.05, 0.1) is 29.0 Å². The van der Waals surface area contributed by atoms with Gasteiger partial charge in [-0.15, -0.1) is 0 Å².